The third kappa shape index (κ3) is 6.80. The second kappa shape index (κ2) is 10.4. The molecule has 0 bridgehead atoms. The van der Waals surface area contributed by atoms with Crippen molar-refractivity contribution < 1.29 is 95.5 Å². The van der Waals surface area contributed by atoms with E-state index in [-0.39, 0.29) is 46.7 Å². The third-order valence-electron chi connectivity index (χ3n) is 4.20. The van der Waals surface area contributed by atoms with Crippen molar-refractivity contribution in [1.82, 2.24) is 14.5 Å². The van der Waals surface area contributed by atoms with E-state index in [1.165, 1.54) is 17.9 Å². The first kappa shape index (κ1) is 29.7. The second-order valence-corrected chi connectivity index (χ2v) is 10.9. The number of aromatic amines is 1. The van der Waals surface area contributed by atoms with Gasteiger partial charge in [0.2, 0.25) is 11.7 Å². The largest absolute Gasteiger partial charge is 1.00 e. The number of phosphoric acid groups is 3. The van der Waals surface area contributed by atoms with Crippen molar-refractivity contribution in [3.8, 4) is 0 Å². The van der Waals surface area contributed by atoms with Crippen LogP contribution in [-0.4, -0.2) is 49.7 Å². The van der Waals surface area contributed by atoms with Gasteiger partial charge in [-0.2, -0.15) is 0 Å². The van der Waals surface area contributed by atoms with E-state index >= 15 is 0 Å². The number of hydrogen-bond donors (Lipinski definition) is 4. The molecule has 2 aromatic heterocycles. The van der Waals surface area contributed by atoms with Crippen LogP contribution < -0.4 is 65.0 Å². The number of imidazole rings is 1. The number of phosphoric ester groups is 1. The van der Waals surface area contributed by atoms with Crippen LogP contribution in [0.15, 0.2) is 11.1 Å². The van der Waals surface area contributed by atoms with Gasteiger partial charge in [0.05, 0.1) is 21.5 Å². The Morgan fingerprint density at radius 3 is 2.41 bits per heavy atom. The quantitative estimate of drug-likeness (QED) is 0.133. The Hall–Kier alpha value is -0.560. The number of fused-ring (bicyclic) bond motifs is 1. The molecule has 0 radical (unpaired) electrons. The van der Waals surface area contributed by atoms with Gasteiger partial charge in [-0.05, 0) is 0 Å². The van der Waals surface area contributed by atoms with Crippen LogP contribution in [0.4, 0.5) is 5.95 Å². The van der Waals surface area contributed by atoms with Crippen LogP contribution in [0.1, 0.15) is 6.23 Å². The van der Waals surface area contributed by atoms with Gasteiger partial charge in [0.1, 0.15) is 18.3 Å². The summed E-state index contributed by atoms with van der Waals surface area (Å²) in [7, 11) is -16.7. The number of aliphatic hydroxyl groups is 2. The van der Waals surface area contributed by atoms with Crippen molar-refractivity contribution in [3.05, 3.63) is 16.7 Å². The zero-order chi connectivity index (χ0) is 24.9. The van der Waals surface area contributed by atoms with Crippen molar-refractivity contribution in [1.29, 1.82) is 0 Å². The molecule has 0 spiro atoms. The van der Waals surface area contributed by atoms with Crippen LogP contribution in [0.2, 0.25) is 0 Å². The molecule has 0 saturated carbocycles. The van der Waals surface area contributed by atoms with E-state index in [9.17, 15) is 48.3 Å². The van der Waals surface area contributed by atoms with Crippen LogP contribution in [0.5, 0.6) is 0 Å². The number of nitrogens with one attached hydrogen (secondary N) is 1. The molecular weight excluding hydrogens is 542 g/mol. The summed E-state index contributed by atoms with van der Waals surface area (Å²) in [6.07, 6.45) is -5.28. The maximum absolute atomic E-state index is 12.1. The molecular formula is C11H15N5NaO14P3-2. The molecule has 186 valence electrons. The number of nitrogens with zero attached hydrogens (tertiary/aromatic N) is 3. The van der Waals surface area contributed by atoms with Crippen molar-refractivity contribution in [2.24, 2.45) is 7.05 Å². The van der Waals surface area contributed by atoms with Crippen LogP contribution in [0, 0.1) is 0 Å². The summed E-state index contributed by atoms with van der Waals surface area (Å²) in [5.41, 5.74) is 4.86. The average molecular weight is 557 g/mol. The number of aliphatic hydroxyl groups excluding tert-OH is 2. The average Bonchev–Trinajstić information content (AvgIpc) is 3.07. The van der Waals surface area contributed by atoms with Gasteiger partial charge in [-0.25, -0.2) is 8.88 Å². The normalized spacial score (nSPS) is 26.7. The molecule has 19 nitrogen and oxygen atoms in total. The summed E-state index contributed by atoms with van der Waals surface area (Å²) < 4.78 is 51.6. The first-order valence-corrected chi connectivity index (χ1v) is 12.9. The van der Waals surface area contributed by atoms with Gasteiger partial charge < -0.3 is 49.3 Å². The van der Waals surface area contributed by atoms with E-state index < -0.39 is 60.2 Å². The number of aryl methyl sites for hydroxylation is 1. The molecule has 1 aliphatic heterocycles. The minimum atomic E-state index is -6.17. The molecule has 1 fully saturated rings. The van der Waals surface area contributed by atoms with E-state index in [2.05, 4.69) is 23.1 Å². The van der Waals surface area contributed by atoms with Crippen molar-refractivity contribution in [2.75, 3.05) is 12.3 Å². The number of nitrogens with two attached hydrogens (primary N) is 1. The topological polar surface area (TPSA) is 301 Å². The monoisotopic (exact) mass is 557 g/mol. The summed E-state index contributed by atoms with van der Waals surface area (Å²) in [4.78, 5) is 61.8. The Balaban J connectivity index is 0.00000408. The number of hydrogen-bond acceptors (Lipinski definition) is 16. The number of ether oxygens (including phenoxy) is 1. The standard InChI is InChI=1S/C11H18N5O14P3.Na/c1-15-3-16(8-5(15)9(19)14-11(12)13-8)10-7(18)6(17)4(28-10)2-27-32(23,24)30-33(25,26)29-31(20,21)22;/h3-4,6-7,10,17-18H,2H2,1H3,(H6-,12,13,14,19,20,21,22,23,24,25,26);/q;+1/p-3. The molecule has 1 aliphatic rings. The van der Waals surface area contributed by atoms with Gasteiger partial charge in [0, 0.05) is 0 Å². The van der Waals surface area contributed by atoms with E-state index in [0.717, 1.165) is 4.57 Å². The molecule has 0 aromatic carbocycles. The Kier molecular flexibility index (Phi) is 9.10. The molecule has 6 unspecified atom stereocenters. The first-order valence-electron chi connectivity index (χ1n) is 8.48. The molecule has 3 heterocycles. The summed E-state index contributed by atoms with van der Waals surface area (Å²) in [6, 6.07) is 0. The van der Waals surface area contributed by atoms with Gasteiger partial charge >= 0.3 is 35.2 Å². The molecule has 34 heavy (non-hydrogen) atoms. The molecule has 5 N–H and O–H groups in total. The van der Waals surface area contributed by atoms with Gasteiger partial charge in [-0.3, -0.25) is 27.8 Å². The Labute approximate surface area is 210 Å². The number of H-pyrrole nitrogens is 1. The number of aromatic nitrogens is 4. The maximum atomic E-state index is 12.1. The summed E-state index contributed by atoms with van der Waals surface area (Å²) >= 11 is 0. The zero-order valence-electron chi connectivity index (χ0n) is 17.1. The van der Waals surface area contributed by atoms with Crippen molar-refractivity contribution >= 4 is 40.6 Å². The van der Waals surface area contributed by atoms with Crippen LogP contribution >= 0.6 is 23.5 Å². The fraction of sp³-hybridized carbons (Fsp3) is 0.545. The Bertz CT molecular complexity index is 1260. The summed E-state index contributed by atoms with van der Waals surface area (Å²) in [5, 5.41) is 20.5. The predicted octanol–water partition coefficient (Wildman–Crippen LogP) is -8.43. The van der Waals surface area contributed by atoms with Gasteiger partial charge in [-0.1, -0.05) is 4.98 Å². The smallest absolute Gasteiger partial charge is 0.790 e. The van der Waals surface area contributed by atoms with E-state index in [1.807, 2.05) is 0 Å². The minimum Gasteiger partial charge on any atom is -0.790 e. The second-order valence-electron chi connectivity index (χ2n) is 6.60. The van der Waals surface area contributed by atoms with Crippen LogP contribution in [0.3, 0.4) is 0 Å². The van der Waals surface area contributed by atoms with E-state index in [0.29, 0.717) is 0 Å². The molecule has 2 aromatic rings. The predicted molar refractivity (Wildman–Crippen MR) is 92.8 cm³/mol. The first-order chi connectivity index (χ1) is 15.0. The van der Waals surface area contributed by atoms with Crippen LogP contribution in [0.25, 0.3) is 11.2 Å². The number of rotatable bonds is 8. The summed E-state index contributed by atoms with van der Waals surface area (Å²) in [6.45, 7) is -1.12. The number of nitrogen functional groups attached to an aromatic ring is 1. The summed E-state index contributed by atoms with van der Waals surface area (Å²) in [5.74, 6) is -0.269. The van der Waals surface area contributed by atoms with Gasteiger partial charge in [-0.15, -0.1) is 0 Å². The third-order valence-corrected chi connectivity index (χ3v) is 7.86. The molecule has 3 rings (SSSR count). The van der Waals surface area contributed by atoms with Gasteiger partial charge in [0.25, 0.3) is 27.2 Å². The van der Waals surface area contributed by atoms with Gasteiger partial charge in [0.15, 0.2) is 6.33 Å². The van der Waals surface area contributed by atoms with Crippen molar-refractivity contribution in [2.45, 2.75) is 24.5 Å². The molecule has 1 saturated heterocycles. The van der Waals surface area contributed by atoms with E-state index in [4.69, 9.17) is 10.5 Å². The Morgan fingerprint density at radius 1 is 1.21 bits per heavy atom. The van der Waals surface area contributed by atoms with Crippen LogP contribution in [-0.2, 0) is 38.6 Å². The maximum Gasteiger partial charge on any atom is 1.00 e. The molecule has 6 atom stereocenters. The zero-order valence-corrected chi connectivity index (χ0v) is 21.8. The number of anilines is 1. The van der Waals surface area contributed by atoms with E-state index in [1.54, 1.807) is 0 Å². The fourth-order valence-electron chi connectivity index (χ4n) is 3.00. The molecule has 0 aliphatic carbocycles. The minimum absolute atomic E-state index is 0. The fourth-order valence-corrected chi connectivity index (χ4v) is 5.87. The SMILES string of the molecule is Cn1c[n+](C2OC(COP(=O)([O-])OP(=O)([O-])OP(=O)([O-])[O-])C(O)C2O)c2nc(N)[nH]c(=O)c21.[Na+]. The Morgan fingerprint density at radius 2 is 1.82 bits per heavy atom. The van der Waals surface area contributed by atoms with Crippen molar-refractivity contribution in [3.63, 3.8) is 0 Å². The molecule has 0 amide bonds. The molecule has 23 heteroatoms.